The van der Waals surface area contributed by atoms with Crippen LogP contribution in [0.25, 0.3) is 0 Å². The van der Waals surface area contributed by atoms with Crippen LogP contribution in [-0.4, -0.2) is 39.8 Å². The van der Waals surface area contributed by atoms with Gasteiger partial charge in [0.25, 0.3) is 0 Å². The molecule has 0 spiro atoms. The maximum atomic E-state index is 5.18. The first-order valence-corrected chi connectivity index (χ1v) is 6.62. The molecule has 0 aromatic heterocycles. The fraction of sp³-hybridized carbons (Fsp3) is 0.571. The predicted octanol–water partition coefficient (Wildman–Crippen LogP) is -1.00. The van der Waals surface area contributed by atoms with Crippen LogP contribution in [0.4, 0.5) is 0 Å². The predicted molar refractivity (Wildman–Crippen MR) is 68.6 cm³/mol. The maximum absolute atomic E-state index is 5.18. The number of nitrogens with one attached hydrogen (secondary N) is 2. The zero-order chi connectivity index (χ0) is 12.1. The van der Waals surface area contributed by atoms with Crippen LogP contribution < -0.4 is 14.5 Å². The first kappa shape index (κ1) is 12.4. The van der Waals surface area contributed by atoms with Gasteiger partial charge in [-0.1, -0.05) is 0 Å². The van der Waals surface area contributed by atoms with E-state index in [0.29, 0.717) is 0 Å². The Kier molecular flexibility index (Phi) is 4.40. The van der Waals surface area contributed by atoms with Gasteiger partial charge in [-0.15, -0.1) is 0 Å². The van der Waals surface area contributed by atoms with Gasteiger partial charge in [-0.05, 0) is 31.2 Å². The summed E-state index contributed by atoms with van der Waals surface area (Å²) >= 11 is 0. The van der Waals surface area contributed by atoms with E-state index >= 15 is 0 Å². The Balaban J connectivity index is 1.84. The van der Waals surface area contributed by atoms with E-state index in [9.17, 15) is 0 Å². The zero-order valence-corrected chi connectivity index (χ0v) is 11.0. The number of piperazine rings is 1. The van der Waals surface area contributed by atoms with Crippen molar-refractivity contribution in [2.75, 3.05) is 39.8 Å². The van der Waals surface area contributed by atoms with E-state index in [0.717, 1.165) is 12.3 Å². The number of methoxy groups -OCH3 is 1. The van der Waals surface area contributed by atoms with Crippen molar-refractivity contribution >= 4 is 0 Å². The van der Waals surface area contributed by atoms with Crippen LogP contribution in [0.5, 0.6) is 5.75 Å². The number of hydrogen-bond donors (Lipinski definition) is 2. The van der Waals surface area contributed by atoms with Crippen LogP contribution in [0, 0.1) is 0 Å². The molecule has 2 N–H and O–H groups in total. The van der Waals surface area contributed by atoms with Crippen LogP contribution in [-0.2, 0) is 6.54 Å². The summed E-state index contributed by atoms with van der Waals surface area (Å²) < 4.78 is 5.18. The van der Waals surface area contributed by atoms with Gasteiger partial charge in [0.2, 0.25) is 0 Å². The molecule has 1 aromatic rings. The molecule has 0 atom stereocenters. The lowest BCUT2D eigenvalue weighted by Crippen LogP contribution is -3.27. The Bertz CT molecular complexity index is 329. The molecular weight excluding hydrogens is 212 g/mol. The van der Waals surface area contributed by atoms with E-state index in [1.807, 2.05) is 0 Å². The van der Waals surface area contributed by atoms with Gasteiger partial charge in [-0.2, -0.15) is 0 Å². The van der Waals surface area contributed by atoms with E-state index < -0.39 is 0 Å². The second-order valence-electron chi connectivity index (χ2n) is 4.88. The number of hydrogen-bond acceptors (Lipinski definition) is 1. The summed E-state index contributed by atoms with van der Waals surface area (Å²) in [7, 11) is 1.72. The molecule has 0 aliphatic carbocycles. The SMILES string of the molecule is CC[NH+]1CC[NH+](Cc2ccc(OC)cc2)CC1. The third-order valence-electron chi connectivity index (χ3n) is 3.78. The average Bonchev–Trinajstić information content (AvgIpc) is 2.40. The molecule has 1 fully saturated rings. The van der Waals surface area contributed by atoms with Crippen LogP contribution in [0.1, 0.15) is 12.5 Å². The molecule has 1 aliphatic rings. The highest BCUT2D eigenvalue weighted by Crippen LogP contribution is 2.10. The van der Waals surface area contributed by atoms with E-state index in [1.165, 1.54) is 38.3 Å². The first-order valence-electron chi connectivity index (χ1n) is 6.62. The molecule has 0 radical (unpaired) electrons. The van der Waals surface area contributed by atoms with Gasteiger partial charge >= 0.3 is 0 Å². The van der Waals surface area contributed by atoms with Crippen molar-refractivity contribution in [2.24, 2.45) is 0 Å². The molecule has 1 saturated heterocycles. The number of ether oxygens (including phenoxy) is 1. The molecule has 0 saturated carbocycles. The summed E-state index contributed by atoms with van der Waals surface area (Å²) in [6.45, 7) is 9.95. The molecule has 17 heavy (non-hydrogen) atoms. The third kappa shape index (κ3) is 3.45. The lowest BCUT2D eigenvalue weighted by Gasteiger charge is -2.29. The highest BCUT2D eigenvalue weighted by Gasteiger charge is 2.21. The Morgan fingerprint density at radius 2 is 1.59 bits per heavy atom. The van der Waals surface area contributed by atoms with Crippen LogP contribution in [0.15, 0.2) is 24.3 Å². The van der Waals surface area contributed by atoms with Crippen molar-refractivity contribution < 1.29 is 14.5 Å². The maximum Gasteiger partial charge on any atom is 0.127 e. The normalized spacial score (nSPS) is 24.6. The number of quaternary nitrogens is 2. The minimum atomic E-state index is 0.948. The number of rotatable bonds is 4. The second-order valence-corrected chi connectivity index (χ2v) is 4.88. The molecule has 3 nitrogen and oxygen atoms in total. The fourth-order valence-electron chi connectivity index (χ4n) is 2.52. The topological polar surface area (TPSA) is 18.1 Å². The number of benzene rings is 1. The van der Waals surface area contributed by atoms with Crippen molar-refractivity contribution in [3.63, 3.8) is 0 Å². The standard InChI is InChI=1S/C14H22N2O/c1-3-15-8-10-16(11-9-15)12-13-4-6-14(17-2)7-5-13/h4-7H,3,8-12H2,1-2H3/p+2. The molecule has 1 heterocycles. The van der Waals surface area contributed by atoms with Crippen molar-refractivity contribution in [1.29, 1.82) is 0 Å². The average molecular weight is 236 g/mol. The Hall–Kier alpha value is -1.06. The quantitative estimate of drug-likeness (QED) is 0.686. The van der Waals surface area contributed by atoms with Gasteiger partial charge in [0.15, 0.2) is 0 Å². The molecule has 94 valence electrons. The van der Waals surface area contributed by atoms with Crippen molar-refractivity contribution in [1.82, 2.24) is 0 Å². The Morgan fingerprint density at radius 3 is 2.12 bits per heavy atom. The van der Waals surface area contributed by atoms with Gasteiger partial charge < -0.3 is 14.5 Å². The van der Waals surface area contributed by atoms with E-state index in [4.69, 9.17) is 4.74 Å². The van der Waals surface area contributed by atoms with E-state index in [2.05, 4.69) is 31.2 Å². The Morgan fingerprint density at radius 1 is 1.00 bits per heavy atom. The zero-order valence-electron chi connectivity index (χ0n) is 11.0. The van der Waals surface area contributed by atoms with E-state index in [1.54, 1.807) is 16.9 Å². The molecule has 0 unspecified atom stereocenters. The summed E-state index contributed by atoms with van der Waals surface area (Å²) in [4.78, 5) is 3.47. The molecule has 0 bridgehead atoms. The minimum absolute atomic E-state index is 0.948. The van der Waals surface area contributed by atoms with Gasteiger partial charge in [0.05, 0.1) is 13.7 Å². The van der Waals surface area contributed by atoms with E-state index in [-0.39, 0.29) is 0 Å². The Labute approximate surface area is 104 Å². The van der Waals surface area contributed by atoms with Crippen molar-refractivity contribution in [3.8, 4) is 5.75 Å². The monoisotopic (exact) mass is 236 g/mol. The first-order chi connectivity index (χ1) is 8.31. The molecule has 0 amide bonds. The molecule has 3 heteroatoms. The smallest absolute Gasteiger partial charge is 0.127 e. The summed E-state index contributed by atoms with van der Waals surface area (Å²) in [6.07, 6.45) is 0. The third-order valence-corrected chi connectivity index (χ3v) is 3.78. The summed E-state index contributed by atoms with van der Waals surface area (Å²) in [5.74, 6) is 0.948. The van der Waals surface area contributed by atoms with Gasteiger partial charge in [0.1, 0.15) is 38.5 Å². The lowest BCUT2D eigenvalue weighted by molar-refractivity contribution is -1.02. The van der Waals surface area contributed by atoms with Crippen LogP contribution in [0.2, 0.25) is 0 Å². The summed E-state index contributed by atoms with van der Waals surface area (Å²) in [6, 6.07) is 8.49. The highest BCUT2D eigenvalue weighted by atomic mass is 16.5. The summed E-state index contributed by atoms with van der Waals surface area (Å²) in [5, 5.41) is 0. The number of likely N-dealkylation sites (N-methyl/N-ethyl adjacent to an activating group) is 1. The molecule has 1 aromatic carbocycles. The fourth-order valence-corrected chi connectivity index (χ4v) is 2.52. The molecule has 1 aliphatic heterocycles. The van der Waals surface area contributed by atoms with Crippen molar-refractivity contribution in [3.05, 3.63) is 29.8 Å². The van der Waals surface area contributed by atoms with Crippen LogP contribution in [0.3, 0.4) is 0 Å². The van der Waals surface area contributed by atoms with Crippen molar-refractivity contribution in [2.45, 2.75) is 13.5 Å². The lowest BCUT2D eigenvalue weighted by atomic mass is 10.2. The largest absolute Gasteiger partial charge is 0.497 e. The second kappa shape index (κ2) is 6.03. The van der Waals surface area contributed by atoms with Gasteiger partial charge in [-0.25, -0.2) is 0 Å². The minimum Gasteiger partial charge on any atom is -0.497 e. The van der Waals surface area contributed by atoms with Gasteiger partial charge in [0, 0.05) is 5.56 Å². The van der Waals surface area contributed by atoms with Crippen LogP contribution >= 0.6 is 0 Å². The molecule has 2 rings (SSSR count). The highest BCUT2D eigenvalue weighted by molar-refractivity contribution is 5.26. The van der Waals surface area contributed by atoms with Gasteiger partial charge in [-0.3, -0.25) is 0 Å². The summed E-state index contributed by atoms with van der Waals surface area (Å²) in [5.41, 5.74) is 1.42. The molecular formula is C14H24N2O+2.